The Balaban J connectivity index is 1.86. The van der Waals surface area contributed by atoms with Crippen molar-refractivity contribution in [2.45, 2.75) is 13.8 Å². The molecule has 0 aliphatic heterocycles. The third kappa shape index (κ3) is 3.72. The number of halogens is 2. The van der Waals surface area contributed by atoms with Gasteiger partial charge in [0.15, 0.2) is 5.76 Å². The summed E-state index contributed by atoms with van der Waals surface area (Å²) in [6.07, 6.45) is 0. The number of carbonyl (C=O) groups is 1. The molecule has 0 spiro atoms. The van der Waals surface area contributed by atoms with Crippen molar-refractivity contribution in [2.24, 2.45) is 0 Å². The Labute approximate surface area is 178 Å². The predicted molar refractivity (Wildman–Crippen MR) is 116 cm³/mol. The van der Waals surface area contributed by atoms with Gasteiger partial charge in [0, 0.05) is 16.8 Å². The quantitative estimate of drug-likeness (QED) is 0.401. The van der Waals surface area contributed by atoms with Crippen molar-refractivity contribution in [2.75, 3.05) is 5.32 Å². The third-order valence-corrected chi connectivity index (χ3v) is 5.16. The van der Waals surface area contributed by atoms with Crippen LogP contribution < -0.4 is 5.32 Å². The molecule has 4 rings (SSSR count). The van der Waals surface area contributed by atoms with Crippen LogP contribution in [0, 0.1) is 19.7 Å². The maximum Gasteiger partial charge on any atom is 0.261 e. The second-order valence-corrected chi connectivity index (χ2v) is 7.36. The van der Waals surface area contributed by atoms with Crippen LogP contribution in [0.2, 0.25) is 5.02 Å². The molecule has 150 valence electrons. The fourth-order valence-corrected chi connectivity index (χ4v) is 3.57. The highest BCUT2D eigenvalue weighted by Crippen LogP contribution is 2.37. The molecule has 3 aromatic carbocycles. The number of hydrogen-bond acceptors (Lipinski definition) is 3. The summed E-state index contributed by atoms with van der Waals surface area (Å²) < 4.78 is 19.6. The number of anilines is 1. The van der Waals surface area contributed by atoms with Gasteiger partial charge in [-0.05, 0) is 43.2 Å². The molecule has 1 amide bonds. The minimum absolute atomic E-state index is 0.235. The smallest absolute Gasteiger partial charge is 0.261 e. The molecule has 1 aromatic heterocycles. The normalized spacial score (nSPS) is 10.8. The number of nitrogens with zero attached hydrogens (tertiary/aromatic N) is 1. The van der Waals surface area contributed by atoms with Gasteiger partial charge in [0.2, 0.25) is 0 Å². The van der Waals surface area contributed by atoms with E-state index < -0.39 is 11.7 Å². The average Bonchev–Trinajstić information content (AvgIpc) is 3.16. The van der Waals surface area contributed by atoms with Gasteiger partial charge in [-0.2, -0.15) is 0 Å². The molecule has 0 unspecified atom stereocenters. The molecule has 30 heavy (non-hydrogen) atoms. The van der Waals surface area contributed by atoms with Crippen molar-refractivity contribution in [3.63, 3.8) is 0 Å². The van der Waals surface area contributed by atoms with Crippen molar-refractivity contribution >= 4 is 23.2 Å². The van der Waals surface area contributed by atoms with E-state index in [1.165, 1.54) is 6.07 Å². The van der Waals surface area contributed by atoms with Crippen molar-refractivity contribution < 1.29 is 13.7 Å². The van der Waals surface area contributed by atoms with Crippen molar-refractivity contribution in [3.05, 3.63) is 94.3 Å². The van der Waals surface area contributed by atoms with E-state index in [1.54, 1.807) is 25.1 Å². The van der Waals surface area contributed by atoms with Crippen LogP contribution in [-0.2, 0) is 0 Å². The molecule has 0 aliphatic carbocycles. The Morgan fingerprint density at radius 1 is 1.00 bits per heavy atom. The minimum Gasteiger partial charge on any atom is -0.355 e. The molecule has 4 aromatic rings. The molecule has 0 radical (unpaired) electrons. The third-order valence-electron chi connectivity index (χ3n) is 4.84. The molecule has 1 heterocycles. The van der Waals surface area contributed by atoms with Gasteiger partial charge < -0.3 is 9.84 Å². The van der Waals surface area contributed by atoms with E-state index in [9.17, 15) is 9.18 Å². The number of carbonyl (C=O) groups excluding carboxylic acids is 1. The molecule has 0 saturated carbocycles. The van der Waals surface area contributed by atoms with Crippen molar-refractivity contribution in [3.8, 4) is 22.6 Å². The summed E-state index contributed by atoms with van der Waals surface area (Å²) in [4.78, 5) is 13.3. The molecule has 6 heteroatoms. The van der Waals surface area contributed by atoms with Crippen LogP contribution in [0.15, 0.2) is 71.3 Å². The maximum atomic E-state index is 14.0. The van der Waals surface area contributed by atoms with Gasteiger partial charge in [-0.1, -0.05) is 65.3 Å². The van der Waals surface area contributed by atoms with E-state index >= 15 is 0 Å². The average molecular weight is 421 g/mol. The highest BCUT2D eigenvalue weighted by atomic mass is 35.5. The number of aryl methyl sites for hydroxylation is 2. The summed E-state index contributed by atoms with van der Waals surface area (Å²) in [5, 5.41) is 7.39. The molecule has 0 aliphatic rings. The van der Waals surface area contributed by atoms with Crippen LogP contribution in [0.3, 0.4) is 0 Å². The fourth-order valence-electron chi connectivity index (χ4n) is 3.25. The van der Waals surface area contributed by atoms with Gasteiger partial charge >= 0.3 is 0 Å². The second kappa shape index (κ2) is 8.13. The molecule has 4 nitrogen and oxygen atoms in total. The Bertz CT molecular complexity index is 1220. The van der Waals surface area contributed by atoms with Crippen LogP contribution in [0.4, 0.5) is 10.1 Å². The summed E-state index contributed by atoms with van der Waals surface area (Å²) in [6, 6.07) is 19.2. The summed E-state index contributed by atoms with van der Waals surface area (Å²) >= 11 is 6.43. The highest BCUT2D eigenvalue weighted by Gasteiger charge is 2.27. The number of benzene rings is 3. The Morgan fingerprint density at radius 2 is 1.77 bits per heavy atom. The monoisotopic (exact) mass is 420 g/mol. The minimum atomic E-state index is -0.465. The zero-order valence-corrected chi connectivity index (χ0v) is 17.1. The van der Waals surface area contributed by atoms with E-state index in [4.69, 9.17) is 16.1 Å². The summed E-state index contributed by atoms with van der Waals surface area (Å²) in [5.74, 6) is -0.550. The van der Waals surface area contributed by atoms with Gasteiger partial charge in [-0.15, -0.1) is 0 Å². The lowest BCUT2D eigenvalue weighted by Crippen LogP contribution is -2.14. The lowest BCUT2D eigenvalue weighted by molar-refractivity contribution is 0.102. The fraction of sp³-hybridized carbons (Fsp3) is 0.0833. The van der Waals surface area contributed by atoms with Gasteiger partial charge in [0.1, 0.15) is 17.1 Å². The molecule has 0 bridgehead atoms. The predicted octanol–water partition coefficient (Wildman–Crippen LogP) is 6.67. The largest absolute Gasteiger partial charge is 0.355 e. The van der Waals surface area contributed by atoms with E-state index in [-0.39, 0.29) is 5.56 Å². The highest BCUT2D eigenvalue weighted by molar-refractivity contribution is 6.33. The lowest BCUT2D eigenvalue weighted by Gasteiger charge is -2.10. The lowest BCUT2D eigenvalue weighted by atomic mass is 9.98. The van der Waals surface area contributed by atoms with Gasteiger partial charge in [0.25, 0.3) is 5.91 Å². The second-order valence-electron chi connectivity index (χ2n) is 6.95. The van der Waals surface area contributed by atoms with E-state index in [0.29, 0.717) is 38.9 Å². The van der Waals surface area contributed by atoms with Gasteiger partial charge in [-0.3, -0.25) is 4.79 Å². The molecular weight excluding hydrogens is 403 g/mol. The van der Waals surface area contributed by atoms with Gasteiger partial charge in [0.05, 0.1) is 5.02 Å². The van der Waals surface area contributed by atoms with E-state index in [0.717, 1.165) is 5.56 Å². The summed E-state index contributed by atoms with van der Waals surface area (Å²) in [6.45, 7) is 3.54. The molecular formula is C24H18ClFN2O2. The zero-order valence-electron chi connectivity index (χ0n) is 16.4. The Morgan fingerprint density at radius 3 is 2.47 bits per heavy atom. The first kappa shape index (κ1) is 19.9. The molecule has 0 atom stereocenters. The number of nitrogens with one attached hydrogen (secondary N) is 1. The number of amides is 1. The first-order valence-electron chi connectivity index (χ1n) is 9.34. The first-order chi connectivity index (χ1) is 14.5. The van der Waals surface area contributed by atoms with E-state index in [2.05, 4.69) is 10.5 Å². The Hall–Kier alpha value is -3.44. The summed E-state index contributed by atoms with van der Waals surface area (Å²) in [5.41, 5.74) is 3.57. The van der Waals surface area contributed by atoms with E-state index in [1.807, 2.05) is 49.4 Å². The van der Waals surface area contributed by atoms with Crippen LogP contribution >= 0.6 is 11.6 Å². The standard InChI is InChI=1S/C24H18ClFN2O2/c1-14-11-12-17(13-19(14)26)27-24(29)21-22(20-15(2)7-6-10-18(20)25)28-30-23(21)16-8-4-3-5-9-16/h3-13H,1-2H3,(H,27,29). The van der Waals surface area contributed by atoms with Crippen LogP contribution in [0.5, 0.6) is 0 Å². The van der Waals surface area contributed by atoms with Crippen LogP contribution in [0.25, 0.3) is 22.6 Å². The Kier molecular flexibility index (Phi) is 5.38. The maximum absolute atomic E-state index is 14.0. The zero-order chi connectivity index (χ0) is 21.3. The van der Waals surface area contributed by atoms with Gasteiger partial charge in [-0.25, -0.2) is 4.39 Å². The van der Waals surface area contributed by atoms with Crippen molar-refractivity contribution in [1.82, 2.24) is 5.16 Å². The van der Waals surface area contributed by atoms with Crippen molar-refractivity contribution in [1.29, 1.82) is 0 Å². The topological polar surface area (TPSA) is 55.1 Å². The number of hydrogen-bond donors (Lipinski definition) is 1. The SMILES string of the molecule is Cc1ccc(NC(=O)c2c(-c3c(C)cccc3Cl)noc2-c2ccccc2)cc1F. The summed E-state index contributed by atoms with van der Waals surface area (Å²) in [7, 11) is 0. The van der Waals surface area contributed by atoms with Crippen LogP contribution in [0.1, 0.15) is 21.5 Å². The number of rotatable bonds is 4. The molecule has 0 fully saturated rings. The molecule has 1 N–H and O–H groups in total. The first-order valence-corrected chi connectivity index (χ1v) is 9.71. The molecule has 0 saturated heterocycles. The van der Waals surface area contributed by atoms with Crippen LogP contribution in [-0.4, -0.2) is 11.1 Å². The number of aromatic nitrogens is 1.